The van der Waals surface area contributed by atoms with E-state index in [0.29, 0.717) is 28.6 Å². The second-order valence-corrected chi connectivity index (χ2v) is 19.6. The highest BCUT2D eigenvalue weighted by Gasteiger charge is 2.23. The first kappa shape index (κ1) is 42.0. The van der Waals surface area contributed by atoms with Gasteiger partial charge in [-0.1, -0.05) is 145 Å². The van der Waals surface area contributed by atoms with E-state index in [2.05, 4.69) is 166 Å². The fourth-order valence-corrected chi connectivity index (χ4v) is 9.55. The van der Waals surface area contributed by atoms with Gasteiger partial charge in [-0.15, -0.1) is 0 Å². The van der Waals surface area contributed by atoms with Crippen molar-refractivity contribution in [3.05, 3.63) is 198 Å². The molecule has 11 rings (SSSR count). The molecule has 7 heteroatoms. The fraction of sp³-hybridized carbons (Fsp3) is 0.131. The highest BCUT2D eigenvalue weighted by Crippen LogP contribution is 2.41. The number of para-hydroxylation sites is 2. The number of nitrogens with zero attached hydrogens (tertiary/aromatic N) is 7. The maximum atomic E-state index is 10.7. The summed E-state index contributed by atoms with van der Waals surface area (Å²) in [7, 11) is 0. The zero-order valence-corrected chi connectivity index (χ0v) is 38.9. The van der Waals surface area contributed by atoms with Crippen molar-refractivity contribution < 1.29 is 0 Å². The predicted molar refractivity (Wildman–Crippen MR) is 277 cm³/mol. The van der Waals surface area contributed by atoms with Gasteiger partial charge in [-0.2, -0.15) is 10.5 Å². The number of hydrogen-bond acceptors (Lipinski definition) is 5. The van der Waals surface area contributed by atoms with Crippen molar-refractivity contribution in [1.82, 2.24) is 24.1 Å². The highest BCUT2D eigenvalue weighted by atomic mass is 15.0. The first-order valence-electron chi connectivity index (χ1n) is 23.0. The SMILES string of the molecule is CC(C)(C)c1ccc2c(c1)c1ccccc1n2-c1cc(-c2nc(-c3ccccc3)nc(-c3ccc(-c4cccc(C#N)c4)c(-n4c5ccccc5c5cc(C(C)(C)C)ccc54)c3)n2)ccc1C#N. The van der Waals surface area contributed by atoms with Gasteiger partial charge in [-0.25, -0.2) is 15.0 Å². The molecular weight excluding hydrogens is 831 g/mol. The topological polar surface area (TPSA) is 96.1 Å². The molecule has 0 radical (unpaired) electrons. The molecule has 3 heterocycles. The Bertz CT molecular complexity index is 3900. The Morgan fingerprint density at radius 1 is 0.382 bits per heavy atom. The summed E-state index contributed by atoms with van der Waals surface area (Å²) in [6.45, 7) is 13.4. The third kappa shape index (κ3) is 7.17. The Morgan fingerprint density at radius 3 is 1.43 bits per heavy atom. The van der Waals surface area contributed by atoms with E-state index in [0.717, 1.165) is 77.4 Å². The van der Waals surface area contributed by atoms with Crippen molar-refractivity contribution >= 4 is 43.6 Å². The van der Waals surface area contributed by atoms with E-state index < -0.39 is 0 Å². The maximum Gasteiger partial charge on any atom is 0.164 e. The van der Waals surface area contributed by atoms with Gasteiger partial charge in [-0.3, -0.25) is 0 Å². The van der Waals surface area contributed by atoms with Crippen LogP contribution in [0.15, 0.2) is 176 Å². The van der Waals surface area contributed by atoms with Gasteiger partial charge in [0, 0.05) is 43.8 Å². The summed E-state index contributed by atoms with van der Waals surface area (Å²) in [4.78, 5) is 15.6. The molecule has 0 aliphatic rings. The van der Waals surface area contributed by atoms with Crippen LogP contribution in [0, 0.1) is 22.7 Å². The minimum atomic E-state index is -0.0393. The Kier molecular flexibility index (Phi) is 9.92. The van der Waals surface area contributed by atoms with Crippen molar-refractivity contribution in [2.24, 2.45) is 0 Å². The third-order valence-electron chi connectivity index (χ3n) is 13.2. The van der Waals surface area contributed by atoms with Crippen LogP contribution in [-0.2, 0) is 10.8 Å². The number of hydrogen-bond donors (Lipinski definition) is 0. The summed E-state index contributed by atoms with van der Waals surface area (Å²) in [6, 6.07) is 65.2. The molecule has 7 nitrogen and oxygen atoms in total. The molecule has 0 N–H and O–H groups in total. The molecule has 0 aliphatic heterocycles. The predicted octanol–water partition coefficient (Wildman–Crippen LogP) is 15.1. The van der Waals surface area contributed by atoms with Crippen molar-refractivity contribution in [3.63, 3.8) is 0 Å². The normalized spacial score (nSPS) is 11.9. The van der Waals surface area contributed by atoms with E-state index in [1.807, 2.05) is 72.8 Å². The Balaban J connectivity index is 1.15. The minimum absolute atomic E-state index is 0.0366. The lowest BCUT2D eigenvalue weighted by Gasteiger charge is -2.20. The minimum Gasteiger partial charge on any atom is -0.309 e. The van der Waals surface area contributed by atoms with Crippen LogP contribution in [0.5, 0.6) is 0 Å². The molecule has 0 amide bonds. The zero-order chi connectivity index (χ0) is 46.9. The average Bonchev–Trinajstić information content (AvgIpc) is 3.88. The molecule has 0 unspecified atom stereocenters. The van der Waals surface area contributed by atoms with Crippen LogP contribution in [0.2, 0.25) is 0 Å². The van der Waals surface area contributed by atoms with Crippen LogP contribution in [0.25, 0.3) is 100 Å². The second-order valence-electron chi connectivity index (χ2n) is 19.6. The zero-order valence-electron chi connectivity index (χ0n) is 38.9. The molecule has 3 aromatic heterocycles. The van der Waals surface area contributed by atoms with E-state index in [1.54, 1.807) is 0 Å². The van der Waals surface area contributed by atoms with Crippen LogP contribution in [0.4, 0.5) is 0 Å². The average molecular weight is 878 g/mol. The number of fused-ring (bicyclic) bond motifs is 6. The van der Waals surface area contributed by atoms with E-state index in [4.69, 9.17) is 15.0 Å². The van der Waals surface area contributed by atoms with E-state index >= 15 is 0 Å². The first-order chi connectivity index (χ1) is 32.9. The third-order valence-corrected chi connectivity index (χ3v) is 13.2. The molecule has 0 atom stereocenters. The van der Waals surface area contributed by atoms with Crippen LogP contribution < -0.4 is 0 Å². The van der Waals surface area contributed by atoms with Gasteiger partial charge in [0.2, 0.25) is 0 Å². The van der Waals surface area contributed by atoms with E-state index in [1.165, 1.54) is 16.5 Å². The summed E-state index contributed by atoms with van der Waals surface area (Å²) in [5.41, 5.74) is 13.7. The molecule has 0 bridgehead atoms. The molecule has 0 fully saturated rings. The van der Waals surface area contributed by atoms with Gasteiger partial charge >= 0.3 is 0 Å². The van der Waals surface area contributed by atoms with E-state index in [-0.39, 0.29) is 10.8 Å². The quantitative estimate of drug-likeness (QED) is 0.166. The lowest BCUT2D eigenvalue weighted by atomic mass is 9.86. The lowest BCUT2D eigenvalue weighted by Crippen LogP contribution is -2.10. The second kappa shape index (κ2) is 16.0. The lowest BCUT2D eigenvalue weighted by molar-refractivity contribution is 0.591. The summed E-state index contributed by atoms with van der Waals surface area (Å²) >= 11 is 0. The molecular formula is C61H47N7. The van der Waals surface area contributed by atoms with Gasteiger partial charge in [0.15, 0.2) is 17.5 Å². The van der Waals surface area contributed by atoms with Crippen LogP contribution in [0.1, 0.15) is 63.8 Å². The van der Waals surface area contributed by atoms with Gasteiger partial charge < -0.3 is 9.13 Å². The molecule has 11 aromatic rings. The molecule has 8 aromatic carbocycles. The Hall–Kier alpha value is -8.65. The maximum absolute atomic E-state index is 10.7. The first-order valence-corrected chi connectivity index (χ1v) is 23.0. The van der Waals surface area contributed by atoms with Gasteiger partial charge in [-0.05, 0) is 100 Å². The summed E-state index contributed by atoms with van der Waals surface area (Å²) < 4.78 is 4.53. The summed E-state index contributed by atoms with van der Waals surface area (Å²) in [5, 5.41) is 25.2. The van der Waals surface area contributed by atoms with Gasteiger partial charge in [0.05, 0.1) is 50.6 Å². The Labute approximate surface area is 395 Å². The van der Waals surface area contributed by atoms with Crippen LogP contribution >= 0.6 is 0 Å². The summed E-state index contributed by atoms with van der Waals surface area (Å²) in [6.07, 6.45) is 0. The van der Waals surface area contributed by atoms with Crippen molar-refractivity contribution in [3.8, 4) is 68.8 Å². The number of benzene rings is 8. The Morgan fingerprint density at radius 2 is 0.868 bits per heavy atom. The van der Waals surface area contributed by atoms with Gasteiger partial charge in [0.25, 0.3) is 0 Å². The molecule has 0 saturated carbocycles. The standard InChI is InChI=1S/C61H47N7/c1-60(2,3)44-26-29-53-49(34-44)47-19-10-12-21-51(47)67(53)55-32-41(23-24-43(55)37-63)58-64-57(39-16-8-7-9-17-39)65-59(66-58)42-25-28-46(40-18-14-15-38(31-40)36-62)56(33-42)68-52-22-13-11-20-48(52)50-35-45(61(4,5)6)27-30-54(50)68/h7-35H,1-6H3. The smallest absolute Gasteiger partial charge is 0.164 e. The fourth-order valence-electron chi connectivity index (χ4n) is 9.55. The largest absolute Gasteiger partial charge is 0.309 e. The van der Waals surface area contributed by atoms with E-state index in [9.17, 15) is 10.5 Å². The number of aromatic nitrogens is 5. The monoisotopic (exact) mass is 877 g/mol. The number of nitriles is 2. The molecule has 326 valence electrons. The van der Waals surface area contributed by atoms with Crippen molar-refractivity contribution in [2.75, 3.05) is 0 Å². The number of rotatable bonds is 6. The highest BCUT2D eigenvalue weighted by molar-refractivity contribution is 6.11. The van der Waals surface area contributed by atoms with Crippen molar-refractivity contribution in [2.45, 2.75) is 52.4 Å². The van der Waals surface area contributed by atoms with Crippen LogP contribution in [-0.4, -0.2) is 24.1 Å². The molecule has 0 spiro atoms. The molecule has 68 heavy (non-hydrogen) atoms. The van der Waals surface area contributed by atoms with Crippen LogP contribution in [0.3, 0.4) is 0 Å². The summed E-state index contributed by atoms with van der Waals surface area (Å²) in [5.74, 6) is 1.51. The molecule has 0 saturated heterocycles. The van der Waals surface area contributed by atoms with Crippen molar-refractivity contribution in [1.29, 1.82) is 10.5 Å². The molecule has 0 aliphatic carbocycles. The van der Waals surface area contributed by atoms with Gasteiger partial charge in [0.1, 0.15) is 6.07 Å².